The van der Waals surface area contributed by atoms with E-state index in [1.54, 1.807) is 12.7 Å². The summed E-state index contributed by atoms with van der Waals surface area (Å²) in [6.07, 6.45) is 8.60. The van der Waals surface area contributed by atoms with Crippen LogP contribution in [-0.4, -0.2) is 23.6 Å². The first-order valence-electron chi connectivity index (χ1n) is 9.37. The third-order valence-electron chi connectivity index (χ3n) is 4.60. The topological polar surface area (TPSA) is 59.1 Å². The highest BCUT2D eigenvalue weighted by atomic mass is 16.5. The maximum absolute atomic E-state index is 5.19. The van der Waals surface area contributed by atoms with Gasteiger partial charge < -0.3 is 15.4 Å². The van der Waals surface area contributed by atoms with Gasteiger partial charge in [-0.1, -0.05) is 23.8 Å². The minimum absolute atomic E-state index is 0.693. The second-order valence-corrected chi connectivity index (χ2v) is 6.70. The van der Waals surface area contributed by atoms with Crippen molar-refractivity contribution in [1.29, 1.82) is 0 Å². The van der Waals surface area contributed by atoms with E-state index < -0.39 is 0 Å². The lowest BCUT2D eigenvalue weighted by Crippen LogP contribution is -2.10. The van der Waals surface area contributed by atoms with Gasteiger partial charge >= 0.3 is 0 Å². The number of aromatic nitrogens is 2. The molecule has 0 bridgehead atoms. The van der Waals surface area contributed by atoms with E-state index in [2.05, 4.69) is 38.8 Å². The van der Waals surface area contributed by atoms with Crippen LogP contribution in [-0.2, 0) is 6.54 Å². The van der Waals surface area contributed by atoms with E-state index in [0.29, 0.717) is 12.5 Å². The first-order valence-corrected chi connectivity index (χ1v) is 9.37. The van der Waals surface area contributed by atoms with Crippen LogP contribution in [0, 0.1) is 6.92 Å². The van der Waals surface area contributed by atoms with Crippen LogP contribution in [0.1, 0.15) is 43.4 Å². The SMILES string of the molecule is COc1ccc(CNc2cc(C)nc(NCCC3=CCCCC3)n2)cc1. The number of hydrogen-bond acceptors (Lipinski definition) is 5. The fourth-order valence-corrected chi connectivity index (χ4v) is 3.14. The largest absolute Gasteiger partial charge is 0.497 e. The molecule has 0 atom stereocenters. The summed E-state index contributed by atoms with van der Waals surface area (Å²) in [5.41, 5.74) is 3.70. The van der Waals surface area contributed by atoms with Crippen LogP contribution >= 0.6 is 0 Å². The molecule has 5 nitrogen and oxygen atoms in total. The third kappa shape index (κ3) is 5.48. The highest BCUT2D eigenvalue weighted by Crippen LogP contribution is 2.20. The van der Waals surface area contributed by atoms with Crippen LogP contribution in [0.25, 0.3) is 0 Å². The Hall–Kier alpha value is -2.56. The summed E-state index contributed by atoms with van der Waals surface area (Å²) in [5, 5.41) is 6.74. The number of methoxy groups -OCH3 is 1. The average molecular weight is 352 g/mol. The van der Waals surface area contributed by atoms with E-state index in [-0.39, 0.29) is 0 Å². The monoisotopic (exact) mass is 352 g/mol. The standard InChI is InChI=1S/C21H28N4O/c1-16-14-20(23-15-18-8-10-19(26-2)11-9-18)25-21(24-16)22-13-12-17-6-4-3-5-7-17/h6,8-11,14H,3-5,7,12-13,15H2,1-2H3,(H2,22,23,24,25). The lowest BCUT2D eigenvalue weighted by atomic mass is 9.97. The van der Waals surface area contributed by atoms with Crippen molar-refractivity contribution in [2.24, 2.45) is 0 Å². The van der Waals surface area contributed by atoms with Gasteiger partial charge in [0, 0.05) is 24.8 Å². The van der Waals surface area contributed by atoms with Gasteiger partial charge in [-0.3, -0.25) is 0 Å². The number of anilines is 2. The molecule has 0 saturated heterocycles. The smallest absolute Gasteiger partial charge is 0.224 e. The van der Waals surface area contributed by atoms with Crippen LogP contribution in [0.2, 0.25) is 0 Å². The molecule has 1 aromatic carbocycles. The molecule has 138 valence electrons. The number of nitrogens with one attached hydrogen (secondary N) is 2. The zero-order chi connectivity index (χ0) is 18.2. The highest BCUT2D eigenvalue weighted by Gasteiger charge is 2.05. The van der Waals surface area contributed by atoms with Crippen molar-refractivity contribution >= 4 is 11.8 Å². The van der Waals surface area contributed by atoms with Crippen molar-refractivity contribution < 1.29 is 4.74 Å². The minimum atomic E-state index is 0.693. The van der Waals surface area contributed by atoms with Gasteiger partial charge in [0.15, 0.2) is 0 Å². The Morgan fingerprint density at radius 3 is 2.65 bits per heavy atom. The number of aryl methyl sites for hydroxylation is 1. The van der Waals surface area contributed by atoms with Gasteiger partial charge in [0.1, 0.15) is 11.6 Å². The zero-order valence-corrected chi connectivity index (χ0v) is 15.7. The van der Waals surface area contributed by atoms with E-state index in [0.717, 1.165) is 30.2 Å². The van der Waals surface area contributed by atoms with Gasteiger partial charge in [0.25, 0.3) is 0 Å². The van der Waals surface area contributed by atoms with Crippen molar-refractivity contribution in [1.82, 2.24) is 9.97 Å². The number of benzene rings is 1. The molecule has 0 unspecified atom stereocenters. The second kappa shape index (κ2) is 9.22. The van der Waals surface area contributed by atoms with Gasteiger partial charge in [-0.05, 0) is 56.7 Å². The third-order valence-corrected chi connectivity index (χ3v) is 4.60. The predicted molar refractivity (Wildman–Crippen MR) is 107 cm³/mol. The number of allylic oxidation sites excluding steroid dienone is 1. The molecule has 2 aromatic rings. The summed E-state index contributed by atoms with van der Waals surface area (Å²) in [7, 11) is 1.68. The molecule has 0 amide bonds. The summed E-state index contributed by atoms with van der Waals surface area (Å²) in [5.74, 6) is 2.40. The number of rotatable bonds is 8. The Labute approximate surface area is 155 Å². The van der Waals surface area contributed by atoms with Gasteiger partial charge in [0.05, 0.1) is 7.11 Å². The molecule has 0 radical (unpaired) electrons. The normalized spacial score (nSPS) is 13.8. The summed E-state index contributed by atoms with van der Waals surface area (Å²) in [4.78, 5) is 9.08. The summed E-state index contributed by atoms with van der Waals surface area (Å²) in [6, 6.07) is 10.0. The fourth-order valence-electron chi connectivity index (χ4n) is 3.14. The van der Waals surface area contributed by atoms with Crippen molar-refractivity contribution in [3.8, 4) is 5.75 Å². The van der Waals surface area contributed by atoms with E-state index in [4.69, 9.17) is 4.74 Å². The van der Waals surface area contributed by atoms with Crippen LogP contribution in [0.5, 0.6) is 5.75 Å². The lowest BCUT2D eigenvalue weighted by Gasteiger charge is -2.13. The lowest BCUT2D eigenvalue weighted by molar-refractivity contribution is 0.414. The quantitative estimate of drug-likeness (QED) is 0.674. The molecule has 26 heavy (non-hydrogen) atoms. The van der Waals surface area contributed by atoms with E-state index in [1.165, 1.54) is 31.2 Å². The van der Waals surface area contributed by atoms with E-state index in [9.17, 15) is 0 Å². The number of hydrogen-bond donors (Lipinski definition) is 2. The van der Waals surface area contributed by atoms with Gasteiger partial charge in [-0.15, -0.1) is 0 Å². The molecule has 1 aliphatic rings. The Balaban J connectivity index is 1.53. The van der Waals surface area contributed by atoms with Gasteiger partial charge in [0.2, 0.25) is 5.95 Å². The average Bonchev–Trinajstić information content (AvgIpc) is 2.67. The number of nitrogens with zero attached hydrogens (tertiary/aromatic N) is 2. The van der Waals surface area contributed by atoms with Crippen molar-refractivity contribution in [3.05, 3.63) is 53.2 Å². The number of ether oxygens (including phenoxy) is 1. The predicted octanol–water partition coefficient (Wildman–Crippen LogP) is 4.71. The van der Waals surface area contributed by atoms with Crippen LogP contribution < -0.4 is 15.4 Å². The molecule has 1 heterocycles. The molecule has 2 N–H and O–H groups in total. The minimum Gasteiger partial charge on any atom is -0.497 e. The first kappa shape index (κ1) is 18.2. The maximum atomic E-state index is 5.19. The Kier molecular flexibility index (Phi) is 6.47. The van der Waals surface area contributed by atoms with Crippen LogP contribution in [0.15, 0.2) is 42.0 Å². The van der Waals surface area contributed by atoms with Crippen molar-refractivity contribution in [3.63, 3.8) is 0 Å². The Morgan fingerprint density at radius 2 is 1.92 bits per heavy atom. The van der Waals surface area contributed by atoms with Gasteiger partial charge in [-0.2, -0.15) is 4.98 Å². The van der Waals surface area contributed by atoms with Crippen LogP contribution in [0.3, 0.4) is 0 Å². The molecule has 0 saturated carbocycles. The Bertz CT molecular complexity index is 740. The molecule has 0 spiro atoms. The van der Waals surface area contributed by atoms with Gasteiger partial charge in [-0.25, -0.2) is 4.98 Å². The molecule has 1 aliphatic carbocycles. The van der Waals surface area contributed by atoms with E-state index >= 15 is 0 Å². The fraction of sp³-hybridized carbons (Fsp3) is 0.429. The Morgan fingerprint density at radius 1 is 1.08 bits per heavy atom. The summed E-state index contributed by atoms with van der Waals surface area (Å²) in [6.45, 7) is 3.59. The van der Waals surface area contributed by atoms with E-state index in [1.807, 2.05) is 25.1 Å². The molecule has 0 fully saturated rings. The molecule has 5 heteroatoms. The first-order chi connectivity index (χ1) is 12.7. The maximum Gasteiger partial charge on any atom is 0.224 e. The van der Waals surface area contributed by atoms with Crippen LogP contribution in [0.4, 0.5) is 11.8 Å². The second-order valence-electron chi connectivity index (χ2n) is 6.70. The zero-order valence-electron chi connectivity index (χ0n) is 15.7. The highest BCUT2D eigenvalue weighted by molar-refractivity contribution is 5.43. The molecular formula is C21H28N4O. The summed E-state index contributed by atoms with van der Waals surface area (Å²) >= 11 is 0. The van der Waals surface area contributed by atoms with Crippen molar-refractivity contribution in [2.45, 2.75) is 45.6 Å². The molecule has 0 aliphatic heterocycles. The molecule has 3 rings (SSSR count). The summed E-state index contributed by atoms with van der Waals surface area (Å²) < 4.78 is 5.19. The molecular weight excluding hydrogens is 324 g/mol. The van der Waals surface area contributed by atoms with Crippen molar-refractivity contribution in [2.75, 3.05) is 24.3 Å². The molecule has 1 aromatic heterocycles.